The minimum absolute atomic E-state index is 0.0381. The van der Waals surface area contributed by atoms with Crippen LogP contribution in [0.2, 0.25) is 0 Å². The lowest BCUT2D eigenvalue weighted by molar-refractivity contribution is 0.248. The Kier molecular flexibility index (Phi) is 5.63. The molecule has 7 nitrogen and oxygen atoms in total. The highest BCUT2D eigenvalue weighted by atomic mass is 16.2. The molecule has 134 valence electrons. The second kappa shape index (κ2) is 8.09. The van der Waals surface area contributed by atoms with Gasteiger partial charge in [0.2, 0.25) is 0 Å². The predicted molar refractivity (Wildman–Crippen MR) is 96.4 cm³/mol. The van der Waals surface area contributed by atoms with Gasteiger partial charge >= 0.3 is 6.03 Å². The zero-order chi connectivity index (χ0) is 17.6. The Bertz CT molecular complexity index is 693. The Balaban J connectivity index is 1.59. The molecule has 0 aromatic carbocycles. The van der Waals surface area contributed by atoms with E-state index in [-0.39, 0.29) is 12.1 Å². The van der Waals surface area contributed by atoms with Crippen LogP contribution in [0.1, 0.15) is 56.5 Å². The van der Waals surface area contributed by atoms with E-state index in [0.717, 1.165) is 30.0 Å². The third kappa shape index (κ3) is 4.78. The summed E-state index contributed by atoms with van der Waals surface area (Å²) in [6, 6.07) is 2.06. The fraction of sp³-hybridized carbons (Fsp3) is 0.556. The van der Waals surface area contributed by atoms with Crippen LogP contribution in [-0.4, -0.2) is 31.8 Å². The number of aromatic nitrogens is 4. The molecule has 0 bridgehead atoms. The second-order valence-corrected chi connectivity index (χ2v) is 6.81. The van der Waals surface area contributed by atoms with Crippen molar-refractivity contribution in [2.75, 3.05) is 5.32 Å². The van der Waals surface area contributed by atoms with Crippen molar-refractivity contribution >= 4 is 11.8 Å². The van der Waals surface area contributed by atoms with E-state index in [9.17, 15) is 4.79 Å². The number of hydrogen-bond donors (Lipinski definition) is 2. The van der Waals surface area contributed by atoms with E-state index < -0.39 is 0 Å². The van der Waals surface area contributed by atoms with Crippen molar-refractivity contribution < 1.29 is 4.79 Å². The van der Waals surface area contributed by atoms with E-state index in [1.54, 1.807) is 18.6 Å². The summed E-state index contributed by atoms with van der Waals surface area (Å²) < 4.78 is 1.99. The molecule has 1 aliphatic carbocycles. The molecule has 1 fully saturated rings. The fourth-order valence-corrected chi connectivity index (χ4v) is 3.39. The standard InChI is InChI=1S/C18H26N6O/c1-13(10-15-12-19-8-9-20-15)21-18(25)22-17-11-14(2)23-24(17)16-6-4-3-5-7-16/h8-9,11-13,16H,3-7,10H2,1-2H3,(H2,21,22,25). The van der Waals surface area contributed by atoms with E-state index in [1.165, 1.54) is 19.3 Å². The van der Waals surface area contributed by atoms with Gasteiger partial charge in [-0.1, -0.05) is 19.3 Å². The van der Waals surface area contributed by atoms with Gasteiger partial charge in [-0.15, -0.1) is 0 Å². The minimum Gasteiger partial charge on any atom is -0.335 e. The number of hydrogen-bond acceptors (Lipinski definition) is 4. The number of nitrogens with zero attached hydrogens (tertiary/aromatic N) is 4. The lowest BCUT2D eigenvalue weighted by atomic mass is 9.96. The summed E-state index contributed by atoms with van der Waals surface area (Å²) in [5, 5.41) is 10.5. The van der Waals surface area contributed by atoms with Gasteiger partial charge in [-0.05, 0) is 26.7 Å². The summed E-state index contributed by atoms with van der Waals surface area (Å²) in [4.78, 5) is 20.6. The summed E-state index contributed by atoms with van der Waals surface area (Å²) in [5.41, 5.74) is 1.78. The molecule has 0 radical (unpaired) electrons. The first-order chi connectivity index (χ1) is 12.1. The molecule has 0 spiro atoms. The van der Waals surface area contributed by atoms with Crippen LogP contribution in [0.3, 0.4) is 0 Å². The molecule has 1 atom stereocenters. The molecule has 2 N–H and O–H groups in total. The van der Waals surface area contributed by atoms with Crippen molar-refractivity contribution in [3.05, 3.63) is 36.0 Å². The first-order valence-electron chi connectivity index (χ1n) is 9.00. The zero-order valence-electron chi connectivity index (χ0n) is 14.9. The van der Waals surface area contributed by atoms with Gasteiger partial charge in [0.25, 0.3) is 0 Å². The quantitative estimate of drug-likeness (QED) is 0.873. The first-order valence-corrected chi connectivity index (χ1v) is 9.00. The summed E-state index contributed by atoms with van der Waals surface area (Å²) in [7, 11) is 0. The van der Waals surface area contributed by atoms with E-state index in [0.29, 0.717) is 12.5 Å². The van der Waals surface area contributed by atoms with Crippen LogP contribution in [0.15, 0.2) is 24.7 Å². The number of nitrogens with one attached hydrogen (secondary N) is 2. The van der Waals surface area contributed by atoms with E-state index in [2.05, 4.69) is 25.7 Å². The Morgan fingerprint density at radius 3 is 2.84 bits per heavy atom. The lowest BCUT2D eigenvalue weighted by Gasteiger charge is -2.24. The molecule has 2 aromatic rings. The topological polar surface area (TPSA) is 84.7 Å². The maximum Gasteiger partial charge on any atom is 0.320 e. The average molecular weight is 342 g/mol. The molecule has 1 aliphatic rings. The van der Waals surface area contributed by atoms with Crippen molar-refractivity contribution in [1.29, 1.82) is 0 Å². The second-order valence-electron chi connectivity index (χ2n) is 6.81. The molecule has 2 aromatic heterocycles. The summed E-state index contributed by atoms with van der Waals surface area (Å²) in [6.45, 7) is 3.91. The van der Waals surface area contributed by atoms with Crippen molar-refractivity contribution in [3.8, 4) is 0 Å². The first kappa shape index (κ1) is 17.4. The Hall–Kier alpha value is -2.44. The maximum atomic E-state index is 12.4. The van der Waals surface area contributed by atoms with Gasteiger partial charge in [0.05, 0.1) is 17.4 Å². The highest BCUT2D eigenvalue weighted by Crippen LogP contribution is 2.30. The number of carbonyl (C=O) groups is 1. The molecule has 1 saturated carbocycles. The largest absolute Gasteiger partial charge is 0.335 e. The molecule has 1 unspecified atom stereocenters. The molecule has 25 heavy (non-hydrogen) atoms. The number of anilines is 1. The Morgan fingerprint density at radius 1 is 1.32 bits per heavy atom. The van der Waals surface area contributed by atoms with Crippen LogP contribution in [-0.2, 0) is 6.42 Å². The monoisotopic (exact) mass is 342 g/mol. The van der Waals surface area contributed by atoms with Gasteiger partial charge in [0.1, 0.15) is 5.82 Å². The third-order valence-corrected chi connectivity index (χ3v) is 4.53. The Morgan fingerprint density at radius 2 is 2.12 bits per heavy atom. The smallest absolute Gasteiger partial charge is 0.320 e. The summed E-state index contributed by atoms with van der Waals surface area (Å²) in [6.07, 6.45) is 11.7. The van der Waals surface area contributed by atoms with Gasteiger partial charge in [-0.25, -0.2) is 9.48 Å². The van der Waals surface area contributed by atoms with Crippen LogP contribution >= 0.6 is 0 Å². The van der Waals surface area contributed by atoms with Gasteiger partial charge < -0.3 is 5.32 Å². The molecular weight excluding hydrogens is 316 g/mol. The van der Waals surface area contributed by atoms with Gasteiger partial charge in [-0.3, -0.25) is 15.3 Å². The van der Waals surface area contributed by atoms with Crippen molar-refractivity contribution in [2.24, 2.45) is 0 Å². The van der Waals surface area contributed by atoms with Crippen LogP contribution in [0.5, 0.6) is 0 Å². The predicted octanol–water partition coefficient (Wildman–Crippen LogP) is 3.24. The van der Waals surface area contributed by atoms with E-state index >= 15 is 0 Å². The zero-order valence-corrected chi connectivity index (χ0v) is 14.9. The van der Waals surface area contributed by atoms with Crippen LogP contribution in [0.25, 0.3) is 0 Å². The fourth-order valence-electron chi connectivity index (χ4n) is 3.39. The minimum atomic E-state index is -0.214. The molecule has 0 aliphatic heterocycles. The van der Waals surface area contributed by atoms with E-state index in [4.69, 9.17) is 0 Å². The highest BCUT2D eigenvalue weighted by molar-refractivity contribution is 5.88. The van der Waals surface area contributed by atoms with Crippen molar-refractivity contribution in [3.63, 3.8) is 0 Å². The highest BCUT2D eigenvalue weighted by Gasteiger charge is 2.20. The number of urea groups is 1. The van der Waals surface area contributed by atoms with Crippen LogP contribution in [0, 0.1) is 6.92 Å². The summed E-state index contributed by atoms with van der Waals surface area (Å²) in [5.74, 6) is 0.772. The molecular formula is C18H26N6O. The number of aryl methyl sites for hydroxylation is 1. The third-order valence-electron chi connectivity index (χ3n) is 4.53. The molecule has 2 heterocycles. The number of amides is 2. The summed E-state index contributed by atoms with van der Waals surface area (Å²) >= 11 is 0. The van der Waals surface area contributed by atoms with Crippen LogP contribution < -0.4 is 10.6 Å². The average Bonchev–Trinajstić information content (AvgIpc) is 2.96. The van der Waals surface area contributed by atoms with Crippen LogP contribution in [0.4, 0.5) is 10.6 Å². The lowest BCUT2D eigenvalue weighted by Crippen LogP contribution is -2.38. The van der Waals surface area contributed by atoms with Gasteiger partial charge in [0, 0.05) is 37.1 Å². The SMILES string of the molecule is Cc1cc(NC(=O)NC(C)Cc2cnccn2)n(C2CCCCC2)n1. The number of carbonyl (C=O) groups excluding carboxylic acids is 1. The molecule has 2 amide bonds. The number of rotatable bonds is 5. The van der Waals surface area contributed by atoms with Gasteiger partial charge in [-0.2, -0.15) is 5.10 Å². The van der Waals surface area contributed by atoms with Crippen molar-refractivity contribution in [1.82, 2.24) is 25.1 Å². The Labute approximate surface area is 148 Å². The van der Waals surface area contributed by atoms with Gasteiger partial charge in [0.15, 0.2) is 0 Å². The normalized spacial score (nSPS) is 16.4. The molecule has 3 rings (SSSR count). The van der Waals surface area contributed by atoms with E-state index in [1.807, 2.05) is 24.6 Å². The molecule has 0 saturated heterocycles. The van der Waals surface area contributed by atoms with Crippen molar-refractivity contribution in [2.45, 2.75) is 64.5 Å². The maximum absolute atomic E-state index is 12.4. The molecule has 7 heteroatoms.